The van der Waals surface area contributed by atoms with Gasteiger partial charge >= 0.3 is 0 Å². The Hall–Kier alpha value is -3.39. The van der Waals surface area contributed by atoms with Crippen LogP contribution in [-0.4, -0.2) is 31.7 Å². The van der Waals surface area contributed by atoms with Gasteiger partial charge in [-0.1, -0.05) is 41.7 Å². The minimum Gasteiger partial charge on any atom is -0.267 e. The molecular formula is C20H16N6OS. The van der Waals surface area contributed by atoms with Gasteiger partial charge in [0, 0.05) is 29.4 Å². The van der Waals surface area contributed by atoms with Crippen LogP contribution >= 0.6 is 11.3 Å². The van der Waals surface area contributed by atoms with E-state index in [0.717, 1.165) is 26.9 Å². The van der Waals surface area contributed by atoms with Crippen LogP contribution < -0.4 is 5.43 Å². The number of carbonyl (C=O) groups excluding carboxylic acids is 1. The molecule has 3 aromatic heterocycles. The molecule has 3 heterocycles. The van der Waals surface area contributed by atoms with Crippen molar-refractivity contribution in [3.05, 3.63) is 71.1 Å². The number of nitrogens with zero attached hydrogens (tertiary/aromatic N) is 5. The second-order valence-electron chi connectivity index (χ2n) is 6.56. The van der Waals surface area contributed by atoms with Crippen molar-refractivity contribution in [2.24, 2.45) is 5.10 Å². The van der Waals surface area contributed by atoms with Gasteiger partial charge in [-0.3, -0.25) is 9.78 Å². The zero-order valence-corrected chi connectivity index (χ0v) is 15.6. The van der Waals surface area contributed by atoms with Crippen LogP contribution in [0.3, 0.4) is 0 Å². The highest BCUT2D eigenvalue weighted by Crippen LogP contribution is 2.42. The molecule has 0 saturated heterocycles. The highest BCUT2D eigenvalue weighted by atomic mass is 32.1. The molecule has 0 radical (unpaired) electrons. The minimum atomic E-state index is -0.294. The maximum absolute atomic E-state index is 12.2. The van der Waals surface area contributed by atoms with Gasteiger partial charge in [0.05, 0.1) is 6.21 Å². The Morgan fingerprint density at radius 3 is 2.71 bits per heavy atom. The standard InChI is InChI=1S/C20H16N6OS/c27-18(14-8-10-21-11-9-14)24-22-12-16-17(13-4-2-1-3-5-13)23-20-26(16)25-19(28-20)15-6-7-15/h1-5,8-12,15H,6-7H2,(H,24,27)/b22-12-. The Labute approximate surface area is 164 Å². The van der Waals surface area contributed by atoms with Crippen molar-refractivity contribution in [2.45, 2.75) is 18.8 Å². The van der Waals surface area contributed by atoms with Crippen LogP contribution in [-0.2, 0) is 0 Å². The van der Waals surface area contributed by atoms with Crippen molar-refractivity contribution >= 4 is 28.4 Å². The van der Waals surface area contributed by atoms with Crippen LogP contribution in [0.25, 0.3) is 16.2 Å². The zero-order chi connectivity index (χ0) is 18.9. The molecule has 0 aliphatic heterocycles. The van der Waals surface area contributed by atoms with Crippen molar-refractivity contribution in [1.29, 1.82) is 0 Å². The number of rotatable bonds is 5. The fraction of sp³-hybridized carbons (Fsp3) is 0.150. The quantitative estimate of drug-likeness (QED) is 0.419. The Morgan fingerprint density at radius 2 is 1.96 bits per heavy atom. The third-order valence-corrected chi connectivity index (χ3v) is 5.59. The smallest absolute Gasteiger partial charge is 0.267 e. The van der Waals surface area contributed by atoms with Crippen molar-refractivity contribution in [3.63, 3.8) is 0 Å². The SMILES string of the molecule is O=C(N/N=C\c1c(-c2ccccc2)nc2sc(C3CC3)nn12)c1ccncc1. The monoisotopic (exact) mass is 388 g/mol. The topological polar surface area (TPSA) is 84.5 Å². The van der Waals surface area contributed by atoms with Crippen LogP contribution in [0, 0.1) is 0 Å². The number of hydrogen-bond acceptors (Lipinski definition) is 6. The van der Waals surface area contributed by atoms with Crippen molar-refractivity contribution in [1.82, 2.24) is 25.0 Å². The summed E-state index contributed by atoms with van der Waals surface area (Å²) in [5.41, 5.74) is 5.58. The van der Waals surface area contributed by atoms with E-state index in [2.05, 4.69) is 15.5 Å². The summed E-state index contributed by atoms with van der Waals surface area (Å²) in [4.78, 5) is 21.7. The molecule has 1 aliphatic carbocycles. The van der Waals surface area contributed by atoms with Gasteiger partial charge in [0.1, 0.15) is 16.4 Å². The largest absolute Gasteiger partial charge is 0.271 e. The molecular weight excluding hydrogens is 372 g/mol. The Bertz CT molecular complexity index is 1160. The van der Waals surface area contributed by atoms with Crippen LogP contribution in [0.5, 0.6) is 0 Å². The van der Waals surface area contributed by atoms with Gasteiger partial charge in [-0.25, -0.2) is 14.9 Å². The summed E-state index contributed by atoms with van der Waals surface area (Å²) < 4.78 is 1.82. The number of pyridine rings is 1. The molecule has 1 saturated carbocycles. The van der Waals surface area contributed by atoms with Gasteiger partial charge in [0.2, 0.25) is 4.96 Å². The molecule has 1 aliphatic rings. The van der Waals surface area contributed by atoms with E-state index in [4.69, 9.17) is 10.1 Å². The highest BCUT2D eigenvalue weighted by molar-refractivity contribution is 7.16. The van der Waals surface area contributed by atoms with Gasteiger partial charge in [-0.2, -0.15) is 10.2 Å². The molecule has 138 valence electrons. The first-order valence-electron chi connectivity index (χ1n) is 8.98. The van der Waals surface area contributed by atoms with E-state index < -0.39 is 0 Å². The maximum atomic E-state index is 12.2. The first kappa shape index (κ1) is 16.8. The number of hydrazone groups is 1. The van der Waals surface area contributed by atoms with Crippen LogP contribution in [0.2, 0.25) is 0 Å². The third kappa shape index (κ3) is 3.18. The van der Waals surface area contributed by atoms with Gasteiger partial charge in [0.15, 0.2) is 0 Å². The predicted molar refractivity (Wildman–Crippen MR) is 108 cm³/mol. The van der Waals surface area contributed by atoms with E-state index >= 15 is 0 Å². The van der Waals surface area contributed by atoms with Gasteiger partial charge in [-0.05, 0) is 25.0 Å². The zero-order valence-electron chi connectivity index (χ0n) is 14.8. The Kier molecular flexibility index (Phi) is 4.17. The average molecular weight is 388 g/mol. The van der Waals surface area contributed by atoms with Crippen LogP contribution in [0.1, 0.15) is 39.8 Å². The van der Waals surface area contributed by atoms with Gasteiger partial charge in [0.25, 0.3) is 5.91 Å². The molecule has 1 amide bonds. The fourth-order valence-electron chi connectivity index (χ4n) is 2.92. The van der Waals surface area contributed by atoms with E-state index in [1.807, 2.05) is 34.8 Å². The summed E-state index contributed by atoms with van der Waals surface area (Å²) in [6.07, 6.45) is 7.13. The molecule has 4 aromatic rings. The first-order chi connectivity index (χ1) is 13.8. The second kappa shape index (κ2) is 6.97. The van der Waals surface area contributed by atoms with E-state index in [9.17, 15) is 4.79 Å². The summed E-state index contributed by atoms with van der Waals surface area (Å²) in [6, 6.07) is 13.2. The van der Waals surface area contributed by atoms with Crippen LogP contribution in [0.15, 0.2) is 60.0 Å². The minimum absolute atomic E-state index is 0.294. The van der Waals surface area contributed by atoms with Crippen molar-refractivity contribution < 1.29 is 4.79 Å². The van der Waals surface area contributed by atoms with E-state index in [1.165, 1.54) is 12.8 Å². The molecule has 7 nitrogen and oxygen atoms in total. The summed E-state index contributed by atoms with van der Waals surface area (Å²) in [5, 5.41) is 10.0. The molecule has 0 atom stereocenters. The number of amides is 1. The molecule has 0 spiro atoms. The number of aromatic nitrogens is 4. The molecule has 0 unspecified atom stereocenters. The number of nitrogens with one attached hydrogen (secondary N) is 1. The maximum Gasteiger partial charge on any atom is 0.271 e. The fourth-order valence-corrected chi connectivity index (χ4v) is 3.99. The van der Waals surface area contributed by atoms with Crippen molar-refractivity contribution in [3.8, 4) is 11.3 Å². The molecule has 1 N–H and O–H groups in total. The molecule has 0 bridgehead atoms. The number of fused-ring (bicyclic) bond motifs is 1. The lowest BCUT2D eigenvalue weighted by Crippen LogP contribution is -2.17. The number of hydrogen-bond donors (Lipinski definition) is 1. The number of imidazole rings is 1. The lowest BCUT2D eigenvalue weighted by Gasteiger charge is -2.00. The molecule has 1 fully saturated rings. The molecule has 8 heteroatoms. The Balaban J connectivity index is 1.49. The van der Waals surface area contributed by atoms with Gasteiger partial charge in [-0.15, -0.1) is 0 Å². The summed E-state index contributed by atoms with van der Waals surface area (Å²) in [7, 11) is 0. The van der Waals surface area contributed by atoms with E-state index in [-0.39, 0.29) is 5.91 Å². The summed E-state index contributed by atoms with van der Waals surface area (Å²) in [6.45, 7) is 0. The molecule has 5 rings (SSSR count). The summed E-state index contributed by atoms with van der Waals surface area (Å²) >= 11 is 1.62. The van der Waals surface area contributed by atoms with Crippen LogP contribution in [0.4, 0.5) is 0 Å². The van der Waals surface area contributed by atoms with E-state index in [0.29, 0.717) is 11.5 Å². The third-order valence-electron chi connectivity index (χ3n) is 4.52. The lowest BCUT2D eigenvalue weighted by molar-refractivity contribution is 0.0955. The molecule has 1 aromatic carbocycles. The summed E-state index contributed by atoms with van der Waals surface area (Å²) in [5.74, 6) is 0.265. The highest BCUT2D eigenvalue weighted by Gasteiger charge is 2.29. The molecule has 28 heavy (non-hydrogen) atoms. The number of benzene rings is 1. The number of carbonyl (C=O) groups is 1. The lowest BCUT2D eigenvalue weighted by atomic mass is 10.1. The normalized spacial score (nSPS) is 14.0. The van der Waals surface area contributed by atoms with Crippen molar-refractivity contribution in [2.75, 3.05) is 0 Å². The van der Waals surface area contributed by atoms with Gasteiger partial charge < -0.3 is 0 Å². The average Bonchev–Trinajstić information content (AvgIpc) is 3.43. The predicted octanol–water partition coefficient (Wildman–Crippen LogP) is 3.49. The Morgan fingerprint density at radius 1 is 1.18 bits per heavy atom. The first-order valence-corrected chi connectivity index (χ1v) is 9.79. The van der Waals surface area contributed by atoms with E-state index in [1.54, 1.807) is 42.1 Å². The second-order valence-corrected chi connectivity index (χ2v) is 7.54.